The first-order valence-electron chi connectivity index (χ1n) is 27.5. The second-order valence-electron chi connectivity index (χ2n) is 22.2. The van der Waals surface area contributed by atoms with Crippen LogP contribution in [0.15, 0.2) is 191 Å². The van der Waals surface area contributed by atoms with E-state index in [0.717, 1.165) is 123 Å². The lowest BCUT2D eigenvalue weighted by atomic mass is 9.70. The summed E-state index contributed by atoms with van der Waals surface area (Å²) < 4.78 is 15.3. The smallest absolute Gasteiger partial charge is 0.227 e. The SMILES string of the molecule is Cc1ccc(N(c2c(C)cccc2C)c2cc3c(c4oc(-c5c(C)cccc5C)nc24)-c2c(cc(N(c4ccc(C)cc4)c4c(C)cccc4C)c4nc(-c5c(C)cccc5C)oc24)C32c3ccccc3-c3ccccc32)cc1. The van der Waals surface area contributed by atoms with Gasteiger partial charge in [0.05, 0.1) is 28.2 Å². The molecule has 0 saturated carbocycles. The van der Waals surface area contributed by atoms with Crippen LogP contribution in [0.2, 0.25) is 0 Å². The van der Waals surface area contributed by atoms with Gasteiger partial charge in [-0.2, -0.15) is 0 Å². The Morgan fingerprint density at radius 3 is 1.01 bits per heavy atom. The van der Waals surface area contributed by atoms with E-state index >= 15 is 0 Å². The summed E-state index contributed by atoms with van der Waals surface area (Å²) in [5.41, 5.74) is 30.3. The van der Waals surface area contributed by atoms with E-state index in [2.05, 4.69) is 261 Å². The molecule has 14 rings (SSSR count). The molecule has 6 heteroatoms. The van der Waals surface area contributed by atoms with Crippen LogP contribution in [0.5, 0.6) is 0 Å². The summed E-state index contributed by atoms with van der Waals surface area (Å²) >= 11 is 0. The van der Waals surface area contributed by atoms with E-state index in [0.29, 0.717) is 22.9 Å². The zero-order valence-corrected chi connectivity index (χ0v) is 46.4. The van der Waals surface area contributed by atoms with Gasteiger partial charge >= 0.3 is 0 Å². The lowest BCUT2D eigenvalue weighted by Gasteiger charge is -2.34. The number of para-hydroxylation sites is 2. The maximum absolute atomic E-state index is 7.66. The molecule has 2 heterocycles. The second-order valence-corrected chi connectivity index (χ2v) is 22.2. The van der Waals surface area contributed by atoms with E-state index in [1.807, 2.05) is 0 Å². The quantitative estimate of drug-likeness (QED) is 0.151. The minimum atomic E-state index is -0.889. The molecule has 10 aromatic carbocycles. The summed E-state index contributed by atoms with van der Waals surface area (Å²) in [6.07, 6.45) is 0. The molecule has 79 heavy (non-hydrogen) atoms. The predicted octanol–water partition coefficient (Wildman–Crippen LogP) is 19.7. The van der Waals surface area contributed by atoms with Gasteiger partial charge in [-0.25, -0.2) is 9.97 Å². The number of benzene rings is 10. The van der Waals surface area contributed by atoms with Gasteiger partial charge in [0.15, 0.2) is 11.2 Å². The van der Waals surface area contributed by atoms with Crippen LogP contribution in [0.25, 0.3) is 67.4 Å². The molecule has 2 aromatic heterocycles. The Hall–Kier alpha value is -9.26. The number of fused-ring (bicyclic) bond motifs is 14. The summed E-state index contributed by atoms with van der Waals surface area (Å²) in [6, 6.07) is 66.7. The molecule has 0 atom stereocenters. The zero-order chi connectivity index (χ0) is 54.2. The summed E-state index contributed by atoms with van der Waals surface area (Å²) in [5, 5.41) is 0. The molecule has 0 radical (unpaired) electrons. The van der Waals surface area contributed by atoms with Crippen molar-refractivity contribution in [2.45, 2.75) is 74.7 Å². The Morgan fingerprint density at radius 2 is 0.658 bits per heavy atom. The first-order chi connectivity index (χ1) is 38.3. The first kappa shape index (κ1) is 48.1. The van der Waals surface area contributed by atoms with Crippen molar-refractivity contribution in [3.05, 3.63) is 260 Å². The van der Waals surface area contributed by atoms with Crippen LogP contribution < -0.4 is 9.80 Å². The van der Waals surface area contributed by atoms with Crippen molar-refractivity contribution >= 4 is 56.3 Å². The van der Waals surface area contributed by atoms with E-state index in [1.165, 1.54) is 33.4 Å². The van der Waals surface area contributed by atoms with Crippen LogP contribution in [-0.4, -0.2) is 9.97 Å². The fourth-order valence-electron chi connectivity index (χ4n) is 13.5. The maximum atomic E-state index is 7.66. The van der Waals surface area contributed by atoms with Crippen molar-refractivity contribution in [3.63, 3.8) is 0 Å². The predicted molar refractivity (Wildman–Crippen MR) is 325 cm³/mol. The third-order valence-electron chi connectivity index (χ3n) is 17.1. The van der Waals surface area contributed by atoms with Crippen LogP contribution in [0.3, 0.4) is 0 Å². The fourth-order valence-corrected chi connectivity index (χ4v) is 13.5. The Morgan fingerprint density at radius 1 is 0.329 bits per heavy atom. The molecule has 0 N–H and O–H groups in total. The summed E-state index contributed by atoms with van der Waals surface area (Å²) in [4.78, 5) is 16.4. The molecule has 2 aliphatic rings. The number of aryl methyl sites for hydroxylation is 10. The van der Waals surface area contributed by atoms with E-state index in [-0.39, 0.29) is 0 Å². The van der Waals surface area contributed by atoms with Gasteiger partial charge < -0.3 is 18.6 Å². The van der Waals surface area contributed by atoms with Gasteiger partial charge in [-0.15, -0.1) is 0 Å². The van der Waals surface area contributed by atoms with Gasteiger partial charge in [0.1, 0.15) is 11.0 Å². The van der Waals surface area contributed by atoms with Gasteiger partial charge in [0.2, 0.25) is 11.8 Å². The zero-order valence-electron chi connectivity index (χ0n) is 46.4. The molecule has 0 bridgehead atoms. The number of rotatable bonds is 8. The van der Waals surface area contributed by atoms with Gasteiger partial charge in [0.25, 0.3) is 0 Å². The number of anilines is 6. The lowest BCUT2D eigenvalue weighted by molar-refractivity contribution is 0.615. The molecule has 0 unspecified atom stereocenters. The molecule has 1 spiro atoms. The highest BCUT2D eigenvalue weighted by molar-refractivity contribution is 6.16. The molecule has 0 fully saturated rings. The van der Waals surface area contributed by atoms with Crippen molar-refractivity contribution in [2.75, 3.05) is 9.80 Å². The number of aromatic nitrogens is 2. The van der Waals surface area contributed by atoms with Crippen LogP contribution in [0, 0.1) is 69.2 Å². The minimum absolute atomic E-state index is 0.572. The summed E-state index contributed by atoms with van der Waals surface area (Å²) in [5.74, 6) is 1.14. The van der Waals surface area contributed by atoms with Crippen LogP contribution in [0.4, 0.5) is 34.1 Å². The largest absolute Gasteiger partial charge is 0.435 e. The van der Waals surface area contributed by atoms with E-state index in [9.17, 15) is 0 Å². The van der Waals surface area contributed by atoms with Gasteiger partial charge in [0, 0.05) is 33.6 Å². The van der Waals surface area contributed by atoms with Crippen molar-refractivity contribution in [3.8, 4) is 45.2 Å². The van der Waals surface area contributed by atoms with Crippen molar-refractivity contribution in [1.29, 1.82) is 0 Å². The third kappa shape index (κ3) is 7.03. The molecule has 0 saturated heterocycles. The van der Waals surface area contributed by atoms with E-state index < -0.39 is 5.41 Å². The highest BCUT2D eigenvalue weighted by Crippen LogP contribution is 2.67. The fraction of sp³-hybridized carbons (Fsp3) is 0.151. The standard InChI is InChI=1S/C73H60N4O2/c1-41-31-35-51(36-32-41)76(67-47(7)23-17-24-48(67)8)59-39-57-63(69-65(59)74-71(78-69)61-43(3)19-15-20-44(61)4)64-58(73(57)55-29-13-11-27-53(55)54-28-12-14-30-56(54)73)40-60(66-70(64)79-72(75-66)62-45(5)21-16-22-46(62)6)77(52-37-33-42(2)34-38-52)68-49(9)25-18-26-50(68)10/h11-40H,1-10H3. The highest BCUT2D eigenvalue weighted by Gasteiger charge is 2.55. The number of oxazole rings is 2. The molecule has 12 aromatic rings. The molecule has 2 aliphatic carbocycles. The monoisotopic (exact) mass is 1020 g/mol. The molecule has 384 valence electrons. The number of nitrogens with zero attached hydrogens (tertiary/aromatic N) is 4. The van der Waals surface area contributed by atoms with Crippen molar-refractivity contribution in [1.82, 2.24) is 9.97 Å². The molecule has 0 aliphatic heterocycles. The maximum Gasteiger partial charge on any atom is 0.227 e. The van der Waals surface area contributed by atoms with E-state index in [4.69, 9.17) is 18.8 Å². The Labute approximate surface area is 462 Å². The van der Waals surface area contributed by atoms with Crippen LogP contribution in [-0.2, 0) is 5.41 Å². The molecular formula is C73H60N4O2. The Balaban J connectivity index is 1.23. The number of hydrogen-bond acceptors (Lipinski definition) is 6. The summed E-state index contributed by atoms with van der Waals surface area (Å²) in [6.45, 7) is 21.8. The average molecular weight is 1030 g/mol. The topological polar surface area (TPSA) is 58.5 Å². The lowest BCUT2D eigenvalue weighted by Crippen LogP contribution is -2.27. The van der Waals surface area contributed by atoms with Gasteiger partial charge in [-0.1, -0.05) is 157 Å². The van der Waals surface area contributed by atoms with E-state index in [1.54, 1.807) is 0 Å². The Bertz CT molecular complexity index is 4130. The molecule has 0 amide bonds. The average Bonchev–Trinajstić information content (AvgIpc) is 2.74. The number of hydrogen-bond donors (Lipinski definition) is 0. The highest BCUT2D eigenvalue weighted by atomic mass is 16.4. The normalized spacial score (nSPS) is 12.8. The third-order valence-corrected chi connectivity index (χ3v) is 17.1. The van der Waals surface area contributed by atoms with Crippen molar-refractivity contribution in [2.24, 2.45) is 0 Å². The van der Waals surface area contributed by atoms with Gasteiger partial charge in [-0.3, -0.25) is 0 Å². The van der Waals surface area contributed by atoms with Crippen molar-refractivity contribution < 1.29 is 8.83 Å². The van der Waals surface area contributed by atoms with Gasteiger partial charge in [-0.05, 0) is 184 Å². The second kappa shape index (κ2) is 17.9. The Kier molecular flexibility index (Phi) is 10.9. The minimum Gasteiger partial charge on any atom is -0.435 e. The first-order valence-corrected chi connectivity index (χ1v) is 27.5. The molecule has 6 nitrogen and oxygen atoms in total. The summed E-state index contributed by atoms with van der Waals surface area (Å²) in [7, 11) is 0. The molecular weight excluding hydrogens is 965 g/mol. The van der Waals surface area contributed by atoms with Crippen LogP contribution >= 0.6 is 0 Å². The van der Waals surface area contributed by atoms with Crippen LogP contribution in [0.1, 0.15) is 77.9 Å².